The highest BCUT2D eigenvalue weighted by Gasteiger charge is 2.23. The van der Waals surface area contributed by atoms with Gasteiger partial charge in [-0.25, -0.2) is 0 Å². The van der Waals surface area contributed by atoms with Gasteiger partial charge in [0, 0.05) is 18.5 Å². The van der Waals surface area contributed by atoms with Crippen LogP contribution in [0.2, 0.25) is 0 Å². The first-order valence-corrected chi connectivity index (χ1v) is 6.84. The summed E-state index contributed by atoms with van der Waals surface area (Å²) in [5.41, 5.74) is -0.133. The normalized spacial score (nSPS) is 11.8. The van der Waals surface area contributed by atoms with Crippen molar-refractivity contribution in [2.45, 2.75) is 6.04 Å². The number of ether oxygens (including phenoxy) is 2. The Hall–Kier alpha value is -1.67. The molecule has 0 spiro atoms. The van der Waals surface area contributed by atoms with Crippen LogP contribution in [0.1, 0.15) is 10.4 Å². The number of nitrogens with one attached hydrogen (secondary N) is 1. The number of hydrogen-bond acceptors (Lipinski definition) is 5. The number of nitrogens with zero attached hydrogens (tertiary/aromatic N) is 1. The van der Waals surface area contributed by atoms with Crippen molar-refractivity contribution < 1.29 is 19.2 Å². The minimum Gasteiger partial charge on any atom is -0.490 e. The van der Waals surface area contributed by atoms with Crippen molar-refractivity contribution in [1.29, 1.82) is 0 Å². The summed E-state index contributed by atoms with van der Waals surface area (Å²) in [5, 5.41) is 14.1. The number of amides is 1. The van der Waals surface area contributed by atoms with Crippen LogP contribution in [0.15, 0.2) is 18.2 Å². The number of carbonyl (C=O) groups is 1. The van der Waals surface area contributed by atoms with Crippen LogP contribution >= 0.6 is 15.9 Å². The molecule has 1 N–H and O–H groups in total. The minimum atomic E-state index is -0.591. The number of halogens is 1. The van der Waals surface area contributed by atoms with Crippen molar-refractivity contribution in [3.8, 4) is 5.75 Å². The zero-order chi connectivity index (χ0) is 15.1. The molecule has 7 nitrogen and oxygen atoms in total. The van der Waals surface area contributed by atoms with Gasteiger partial charge in [-0.05, 0) is 6.07 Å². The molecule has 0 saturated heterocycles. The number of methoxy groups -OCH3 is 2. The summed E-state index contributed by atoms with van der Waals surface area (Å²) < 4.78 is 9.95. The summed E-state index contributed by atoms with van der Waals surface area (Å²) in [7, 11) is 2.81. The molecule has 0 heterocycles. The van der Waals surface area contributed by atoms with Crippen molar-refractivity contribution in [2.24, 2.45) is 0 Å². The topological polar surface area (TPSA) is 90.7 Å². The van der Waals surface area contributed by atoms with Gasteiger partial charge in [-0.15, -0.1) is 0 Å². The van der Waals surface area contributed by atoms with E-state index in [4.69, 9.17) is 9.47 Å². The summed E-state index contributed by atoms with van der Waals surface area (Å²) in [6.45, 7) is 0.328. The second kappa shape index (κ2) is 7.81. The molecule has 0 saturated carbocycles. The van der Waals surface area contributed by atoms with Gasteiger partial charge < -0.3 is 14.8 Å². The second-order valence-corrected chi connectivity index (χ2v) is 4.54. The van der Waals surface area contributed by atoms with Crippen LogP contribution in [-0.4, -0.2) is 43.0 Å². The van der Waals surface area contributed by atoms with E-state index in [0.29, 0.717) is 11.9 Å². The number of carbonyl (C=O) groups excluding carboxylic acids is 1. The Kier molecular flexibility index (Phi) is 6.40. The molecule has 0 bridgehead atoms. The molecule has 1 rings (SSSR count). The standard InChI is InChI=1S/C12H15BrN2O5/c1-19-7-8(6-13)14-12(16)9-4-3-5-10(15(17)18)11(9)20-2/h3-5,8H,6-7H2,1-2H3,(H,14,16). The molecule has 0 aliphatic rings. The average Bonchev–Trinajstić information content (AvgIpc) is 2.45. The van der Waals surface area contributed by atoms with Gasteiger partial charge in [0.2, 0.25) is 5.75 Å². The molecule has 0 aromatic heterocycles. The molecule has 1 atom stereocenters. The predicted molar refractivity (Wildman–Crippen MR) is 76.6 cm³/mol. The smallest absolute Gasteiger partial charge is 0.311 e. The van der Waals surface area contributed by atoms with Gasteiger partial charge in [0.15, 0.2) is 0 Å². The van der Waals surface area contributed by atoms with Gasteiger partial charge in [0.05, 0.1) is 30.2 Å². The largest absolute Gasteiger partial charge is 0.490 e. The minimum absolute atomic E-state index is 0.0549. The average molecular weight is 347 g/mol. The Bertz CT molecular complexity index is 495. The third-order valence-corrected chi connectivity index (χ3v) is 3.31. The van der Waals surface area contributed by atoms with Crippen molar-refractivity contribution >= 4 is 27.5 Å². The maximum atomic E-state index is 12.2. The van der Waals surface area contributed by atoms with E-state index >= 15 is 0 Å². The van der Waals surface area contributed by atoms with Gasteiger partial charge in [-0.2, -0.15) is 0 Å². The molecule has 1 aromatic rings. The van der Waals surface area contributed by atoms with E-state index in [1.54, 1.807) is 0 Å². The lowest BCUT2D eigenvalue weighted by Crippen LogP contribution is -2.39. The Morgan fingerprint density at radius 3 is 2.70 bits per heavy atom. The Labute approximate surface area is 124 Å². The molecule has 1 amide bonds. The van der Waals surface area contributed by atoms with Crippen LogP contribution in [0.4, 0.5) is 5.69 Å². The zero-order valence-electron chi connectivity index (χ0n) is 11.1. The zero-order valence-corrected chi connectivity index (χ0v) is 12.7. The Balaban J connectivity index is 3.03. The number of nitro benzene ring substituents is 1. The van der Waals surface area contributed by atoms with Gasteiger partial charge in [-0.1, -0.05) is 22.0 Å². The molecular formula is C12H15BrN2O5. The van der Waals surface area contributed by atoms with Gasteiger partial charge in [0.25, 0.3) is 5.91 Å². The molecule has 1 unspecified atom stereocenters. The van der Waals surface area contributed by atoms with Crippen molar-refractivity contribution in [3.63, 3.8) is 0 Å². The molecule has 0 aliphatic heterocycles. The number of hydrogen-bond donors (Lipinski definition) is 1. The fourth-order valence-electron chi connectivity index (χ4n) is 1.65. The van der Waals surface area contributed by atoms with Crippen LogP contribution in [0.5, 0.6) is 5.75 Å². The predicted octanol–water partition coefficient (Wildman–Crippen LogP) is 1.74. The third-order valence-electron chi connectivity index (χ3n) is 2.53. The lowest BCUT2D eigenvalue weighted by atomic mass is 10.1. The Morgan fingerprint density at radius 2 is 2.20 bits per heavy atom. The maximum absolute atomic E-state index is 12.2. The van der Waals surface area contributed by atoms with Crippen LogP contribution in [0, 0.1) is 10.1 Å². The van der Waals surface area contributed by atoms with Crippen LogP contribution in [0.3, 0.4) is 0 Å². The first kappa shape index (κ1) is 16.4. The molecule has 20 heavy (non-hydrogen) atoms. The van der Waals surface area contributed by atoms with Gasteiger partial charge in [-0.3, -0.25) is 14.9 Å². The van der Waals surface area contributed by atoms with E-state index in [2.05, 4.69) is 21.2 Å². The quantitative estimate of drug-likeness (QED) is 0.461. The molecular weight excluding hydrogens is 332 g/mol. The van der Waals surface area contributed by atoms with Crippen LogP contribution in [0.25, 0.3) is 0 Å². The van der Waals surface area contributed by atoms with E-state index in [1.165, 1.54) is 32.4 Å². The lowest BCUT2D eigenvalue weighted by molar-refractivity contribution is -0.385. The summed E-state index contributed by atoms with van der Waals surface area (Å²) in [6.07, 6.45) is 0. The van der Waals surface area contributed by atoms with Gasteiger partial charge >= 0.3 is 5.69 Å². The van der Waals surface area contributed by atoms with Crippen molar-refractivity contribution in [3.05, 3.63) is 33.9 Å². The number of benzene rings is 1. The van der Waals surface area contributed by atoms with Gasteiger partial charge in [0.1, 0.15) is 0 Å². The lowest BCUT2D eigenvalue weighted by Gasteiger charge is -2.16. The maximum Gasteiger partial charge on any atom is 0.311 e. The van der Waals surface area contributed by atoms with E-state index < -0.39 is 10.8 Å². The molecule has 0 aliphatic carbocycles. The SMILES string of the molecule is COCC(CBr)NC(=O)c1cccc([N+](=O)[O-])c1OC. The fourth-order valence-corrected chi connectivity index (χ4v) is 2.00. The Morgan fingerprint density at radius 1 is 1.50 bits per heavy atom. The highest BCUT2D eigenvalue weighted by atomic mass is 79.9. The number of rotatable bonds is 7. The fraction of sp³-hybridized carbons (Fsp3) is 0.417. The first-order valence-electron chi connectivity index (χ1n) is 5.72. The van der Waals surface area contributed by atoms with Crippen molar-refractivity contribution in [2.75, 3.05) is 26.2 Å². The highest BCUT2D eigenvalue weighted by Crippen LogP contribution is 2.30. The third kappa shape index (κ3) is 3.91. The molecule has 1 aromatic carbocycles. The summed E-state index contributed by atoms with van der Waals surface area (Å²) in [4.78, 5) is 22.5. The van der Waals surface area contributed by atoms with Crippen LogP contribution < -0.4 is 10.1 Å². The molecule has 0 radical (unpaired) electrons. The van der Waals surface area contributed by atoms with E-state index in [-0.39, 0.29) is 23.0 Å². The van der Waals surface area contributed by atoms with E-state index in [1.807, 2.05) is 0 Å². The second-order valence-electron chi connectivity index (χ2n) is 3.90. The molecule has 0 fully saturated rings. The van der Waals surface area contributed by atoms with Crippen molar-refractivity contribution in [1.82, 2.24) is 5.32 Å². The first-order chi connectivity index (χ1) is 9.54. The summed E-state index contributed by atoms with van der Waals surface area (Å²) in [6, 6.07) is 3.96. The number of para-hydroxylation sites is 1. The van der Waals surface area contributed by atoms with E-state index in [0.717, 1.165) is 0 Å². The number of nitro groups is 1. The summed E-state index contributed by atoms with van der Waals surface area (Å²) in [5.74, 6) is -0.507. The van der Waals surface area contributed by atoms with Crippen LogP contribution in [-0.2, 0) is 4.74 Å². The molecule has 8 heteroatoms. The monoisotopic (exact) mass is 346 g/mol. The van der Waals surface area contributed by atoms with E-state index in [9.17, 15) is 14.9 Å². The highest BCUT2D eigenvalue weighted by molar-refractivity contribution is 9.09. The summed E-state index contributed by atoms with van der Waals surface area (Å²) >= 11 is 3.26. The molecule has 110 valence electrons. The number of alkyl halides is 1.